The summed E-state index contributed by atoms with van der Waals surface area (Å²) in [6.45, 7) is 4.65. The van der Waals surface area contributed by atoms with Gasteiger partial charge in [0.15, 0.2) is 0 Å². The number of nitrogens with one attached hydrogen (secondary N) is 1. The zero-order valence-electron chi connectivity index (χ0n) is 19.1. The minimum Gasteiger partial charge on any atom is -0.487 e. The predicted octanol–water partition coefficient (Wildman–Crippen LogP) is 4.43. The van der Waals surface area contributed by atoms with Gasteiger partial charge in [0.1, 0.15) is 17.2 Å². The molecule has 1 fully saturated rings. The van der Waals surface area contributed by atoms with Crippen LogP contribution < -0.4 is 10.1 Å². The van der Waals surface area contributed by atoms with Crippen LogP contribution in [0.2, 0.25) is 0 Å². The Kier molecular flexibility index (Phi) is 6.77. The summed E-state index contributed by atoms with van der Waals surface area (Å²) in [5.41, 5.74) is 0.617. The fraction of sp³-hybridized carbons (Fsp3) is 0.480. The number of ether oxygens (including phenoxy) is 1. The number of nitrogens with zero attached hydrogens (tertiary/aromatic N) is 1. The van der Waals surface area contributed by atoms with Gasteiger partial charge in [-0.05, 0) is 56.0 Å². The average Bonchev–Trinajstić information content (AvgIpc) is 2.84. The van der Waals surface area contributed by atoms with E-state index in [-0.39, 0.29) is 29.0 Å². The summed E-state index contributed by atoms with van der Waals surface area (Å²) in [6.07, 6.45) is 3.55. The maximum atomic E-state index is 13.3. The topological polar surface area (TPSA) is 75.7 Å². The maximum absolute atomic E-state index is 13.3. The first-order valence-electron chi connectivity index (χ1n) is 11.6. The monoisotopic (exact) mass is 474 g/mol. The number of benzene rings is 2. The average molecular weight is 475 g/mol. The molecule has 0 spiro atoms. The van der Waals surface area contributed by atoms with Crippen molar-refractivity contribution in [1.29, 1.82) is 0 Å². The van der Waals surface area contributed by atoms with E-state index in [0.717, 1.165) is 36.3 Å². The number of hydrogen-bond donors (Lipinski definition) is 1. The number of carbonyl (C=O) groups is 1. The number of amides is 1. The van der Waals surface area contributed by atoms with Crippen molar-refractivity contribution in [3.8, 4) is 5.75 Å². The largest absolute Gasteiger partial charge is 0.487 e. The van der Waals surface area contributed by atoms with Crippen LogP contribution in [0.3, 0.4) is 0 Å². The van der Waals surface area contributed by atoms with Crippen molar-refractivity contribution >= 4 is 15.9 Å². The van der Waals surface area contributed by atoms with Crippen molar-refractivity contribution in [2.75, 3.05) is 13.1 Å². The summed E-state index contributed by atoms with van der Waals surface area (Å²) in [5, 5.41) is 3.20. The molecule has 0 aliphatic carbocycles. The normalized spacial score (nSPS) is 22.8. The Hall–Kier alpha value is -2.45. The van der Waals surface area contributed by atoms with E-state index in [0.29, 0.717) is 25.8 Å². The zero-order chi connectivity index (χ0) is 23.6. The van der Waals surface area contributed by atoms with E-state index in [4.69, 9.17) is 4.74 Å². The number of carbonyl (C=O) groups excluding carboxylic acids is 1. The number of para-hydroxylation sites is 1. The Balaban J connectivity index is 1.51. The summed E-state index contributed by atoms with van der Waals surface area (Å²) in [5.74, 6) is -0.280. The fourth-order valence-corrected chi connectivity index (χ4v) is 6.37. The predicted molar refractivity (Wildman–Crippen MR) is 124 cm³/mol. The highest BCUT2D eigenvalue weighted by molar-refractivity contribution is 7.89. The van der Waals surface area contributed by atoms with Gasteiger partial charge >= 0.3 is 0 Å². The lowest BCUT2D eigenvalue weighted by molar-refractivity contribution is -0.127. The Bertz CT molecular complexity index is 1100. The van der Waals surface area contributed by atoms with Gasteiger partial charge in [-0.25, -0.2) is 12.8 Å². The molecule has 6 nitrogen and oxygen atoms in total. The molecule has 0 aromatic heterocycles. The molecule has 8 heteroatoms. The summed E-state index contributed by atoms with van der Waals surface area (Å²) in [6, 6.07) is 12.4. The van der Waals surface area contributed by atoms with Gasteiger partial charge in [-0.15, -0.1) is 0 Å². The van der Waals surface area contributed by atoms with E-state index in [1.807, 2.05) is 24.3 Å². The molecule has 1 amide bonds. The SMILES string of the molecule is CCC1(CC)CC(NC(=O)C2CCCN(S(=O)(=O)c3ccc(F)cc3)C2)c2ccccc2O1. The first-order chi connectivity index (χ1) is 15.8. The smallest absolute Gasteiger partial charge is 0.243 e. The Morgan fingerprint density at radius 1 is 1.15 bits per heavy atom. The van der Waals surface area contributed by atoms with Gasteiger partial charge < -0.3 is 10.1 Å². The third kappa shape index (κ3) is 4.77. The van der Waals surface area contributed by atoms with Crippen LogP contribution in [0, 0.1) is 11.7 Å². The molecule has 2 heterocycles. The number of hydrogen-bond acceptors (Lipinski definition) is 4. The minimum absolute atomic E-state index is 0.0407. The molecule has 4 rings (SSSR count). The van der Waals surface area contributed by atoms with Crippen LogP contribution in [-0.4, -0.2) is 37.3 Å². The second kappa shape index (κ2) is 9.43. The molecule has 33 heavy (non-hydrogen) atoms. The lowest BCUT2D eigenvalue weighted by atomic mass is 9.83. The maximum Gasteiger partial charge on any atom is 0.243 e. The van der Waals surface area contributed by atoms with Crippen molar-refractivity contribution in [3.63, 3.8) is 0 Å². The molecular formula is C25H31FN2O4S. The van der Waals surface area contributed by atoms with Gasteiger partial charge in [-0.3, -0.25) is 4.79 Å². The van der Waals surface area contributed by atoms with Crippen LogP contribution >= 0.6 is 0 Å². The van der Waals surface area contributed by atoms with Gasteiger partial charge in [-0.1, -0.05) is 32.0 Å². The van der Waals surface area contributed by atoms with E-state index < -0.39 is 21.8 Å². The molecule has 1 saturated heterocycles. The molecule has 2 aromatic carbocycles. The molecule has 2 atom stereocenters. The van der Waals surface area contributed by atoms with Gasteiger partial charge in [0.25, 0.3) is 0 Å². The lowest BCUT2D eigenvalue weighted by Gasteiger charge is -2.42. The Labute approximate surface area is 195 Å². The second-order valence-corrected chi connectivity index (χ2v) is 10.9. The zero-order valence-corrected chi connectivity index (χ0v) is 19.9. The van der Waals surface area contributed by atoms with E-state index in [9.17, 15) is 17.6 Å². The van der Waals surface area contributed by atoms with Crippen LogP contribution in [0.5, 0.6) is 5.75 Å². The highest BCUT2D eigenvalue weighted by Gasteiger charge is 2.40. The number of fused-ring (bicyclic) bond motifs is 1. The first-order valence-corrected chi connectivity index (χ1v) is 13.1. The molecular weight excluding hydrogens is 443 g/mol. The van der Waals surface area contributed by atoms with Crippen molar-refractivity contribution in [2.24, 2.45) is 5.92 Å². The highest BCUT2D eigenvalue weighted by Crippen LogP contribution is 2.42. The molecule has 2 aliphatic rings. The Morgan fingerprint density at radius 2 is 1.85 bits per heavy atom. The van der Waals surface area contributed by atoms with Gasteiger partial charge in [-0.2, -0.15) is 4.31 Å². The van der Waals surface area contributed by atoms with E-state index in [2.05, 4.69) is 19.2 Å². The van der Waals surface area contributed by atoms with Crippen LogP contribution in [-0.2, 0) is 14.8 Å². The van der Waals surface area contributed by atoms with Gasteiger partial charge in [0, 0.05) is 25.1 Å². The fourth-order valence-electron chi connectivity index (χ4n) is 4.85. The number of piperidine rings is 1. The van der Waals surface area contributed by atoms with Crippen molar-refractivity contribution in [3.05, 3.63) is 59.9 Å². The minimum atomic E-state index is -3.79. The summed E-state index contributed by atoms with van der Waals surface area (Å²) in [7, 11) is -3.79. The molecule has 2 aliphatic heterocycles. The molecule has 178 valence electrons. The molecule has 2 aromatic rings. The number of rotatable bonds is 6. The first kappa shape index (κ1) is 23.7. The quantitative estimate of drug-likeness (QED) is 0.672. The van der Waals surface area contributed by atoms with E-state index >= 15 is 0 Å². The standard InChI is InChI=1S/C25H31FN2O4S/c1-3-25(4-2)16-22(21-9-5-6-10-23(21)32-25)27-24(29)18-8-7-15-28(17-18)33(30,31)20-13-11-19(26)12-14-20/h5-6,9-14,18,22H,3-4,7-8,15-17H2,1-2H3,(H,27,29). The van der Waals surface area contributed by atoms with Crippen LogP contribution in [0.1, 0.15) is 57.6 Å². The number of halogens is 1. The van der Waals surface area contributed by atoms with Crippen LogP contribution in [0.25, 0.3) is 0 Å². The molecule has 0 bridgehead atoms. The Morgan fingerprint density at radius 3 is 2.55 bits per heavy atom. The van der Waals surface area contributed by atoms with Crippen molar-refractivity contribution < 1.29 is 22.3 Å². The summed E-state index contributed by atoms with van der Waals surface area (Å²) in [4.78, 5) is 13.3. The highest BCUT2D eigenvalue weighted by atomic mass is 32.2. The van der Waals surface area contributed by atoms with E-state index in [1.165, 1.54) is 16.4 Å². The molecule has 0 radical (unpaired) electrons. The molecule has 1 N–H and O–H groups in total. The van der Waals surface area contributed by atoms with E-state index in [1.54, 1.807) is 0 Å². The molecule has 2 unspecified atom stereocenters. The summed E-state index contributed by atoms with van der Waals surface area (Å²) < 4.78 is 47.0. The van der Waals surface area contributed by atoms with Crippen LogP contribution in [0.15, 0.2) is 53.4 Å². The van der Waals surface area contributed by atoms with Crippen molar-refractivity contribution in [1.82, 2.24) is 9.62 Å². The van der Waals surface area contributed by atoms with Gasteiger partial charge in [0.05, 0.1) is 16.9 Å². The molecule has 0 saturated carbocycles. The third-order valence-corrected chi connectivity index (χ3v) is 8.89. The second-order valence-electron chi connectivity index (χ2n) is 8.95. The van der Waals surface area contributed by atoms with Crippen molar-refractivity contribution in [2.45, 2.75) is 62.5 Å². The summed E-state index contributed by atoms with van der Waals surface area (Å²) >= 11 is 0. The lowest BCUT2D eigenvalue weighted by Crippen LogP contribution is -2.49. The number of sulfonamides is 1. The third-order valence-electron chi connectivity index (χ3n) is 7.01. The van der Waals surface area contributed by atoms with Gasteiger partial charge in [0.2, 0.25) is 15.9 Å². The van der Waals surface area contributed by atoms with Crippen LogP contribution in [0.4, 0.5) is 4.39 Å².